The zero-order valence-corrected chi connectivity index (χ0v) is 18.4. The van der Waals surface area contributed by atoms with Crippen molar-refractivity contribution < 1.29 is 28.6 Å². The lowest BCUT2D eigenvalue weighted by Crippen LogP contribution is -2.42. The number of hydrogen-bond donors (Lipinski definition) is 2. The van der Waals surface area contributed by atoms with Gasteiger partial charge in [-0.25, -0.2) is 9.59 Å². The smallest absolute Gasteiger partial charge is 0.336 e. The van der Waals surface area contributed by atoms with E-state index in [0.717, 1.165) is 18.4 Å². The SMILES string of the molecule is CCCC[C@@H](NC(=O)COc1cc2c(c3oc(=O)cc(C)c13)CCC(C)(C)O2)C(=O)O. The number of aryl methyl sites for hydroxylation is 2. The van der Waals surface area contributed by atoms with E-state index >= 15 is 0 Å². The van der Waals surface area contributed by atoms with Gasteiger partial charge in [0, 0.05) is 17.7 Å². The summed E-state index contributed by atoms with van der Waals surface area (Å²) in [7, 11) is 0. The predicted octanol–water partition coefficient (Wildman–Crippen LogP) is 3.34. The summed E-state index contributed by atoms with van der Waals surface area (Å²) in [5, 5.41) is 12.4. The molecular weight excluding hydrogens is 402 g/mol. The van der Waals surface area contributed by atoms with Crippen molar-refractivity contribution in [1.29, 1.82) is 0 Å². The Balaban J connectivity index is 1.89. The van der Waals surface area contributed by atoms with Crippen LogP contribution in [0.25, 0.3) is 11.0 Å². The number of rotatable bonds is 8. The molecular formula is C23H29NO7. The monoisotopic (exact) mass is 431 g/mol. The van der Waals surface area contributed by atoms with Crippen LogP contribution in [-0.4, -0.2) is 35.2 Å². The Labute approximate surface area is 180 Å². The van der Waals surface area contributed by atoms with Crippen molar-refractivity contribution in [3.8, 4) is 11.5 Å². The second-order valence-electron chi connectivity index (χ2n) is 8.55. The van der Waals surface area contributed by atoms with E-state index in [1.807, 2.05) is 20.8 Å². The zero-order valence-electron chi connectivity index (χ0n) is 18.4. The number of hydrogen-bond acceptors (Lipinski definition) is 6. The number of amides is 1. The minimum atomic E-state index is -1.07. The van der Waals surface area contributed by atoms with Crippen molar-refractivity contribution >= 4 is 22.8 Å². The molecule has 2 aromatic rings. The van der Waals surface area contributed by atoms with E-state index in [1.54, 1.807) is 13.0 Å². The molecule has 1 aliphatic heterocycles. The fraction of sp³-hybridized carbons (Fsp3) is 0.522. The predicted molar refractivity (Wildman–Crippen MR) is 115 cm³/mol. The number of carbonyl (C=O) groups excluding carboxylic acids is 1. The first-order valence-corrected chi connectivity index (χ1v) is 10.6. The molecule has 0 radical (unpaired) electrons. The summed E-state index contributed by atoms with van der Waals surface area (Å²) >= 11 is 0. The van der Waals surface area contributed by atoms with Gasteiger partial charge in [-0.1, -0.05) is 19.8 Å². The molecule has 1 amide bonds. The Bertz CT molecular complexity index is 1050. The number of fused-ring (bicyclic) bond motifs is 3. The number of benzene rings is 1. The van der Waals surface area contributed by atoms with Crippen molar-refractivity contribution in [2.75, 3.05) is 6.61 Å². The molecule has 1 aliphatic rings. The molecule has 31 heavy (non-hydrogen) atoms. The summed E-state index contributed by atoms with van der Waals surface area (Å²) in [5.74, 6) is -0.706. The van der Waals surface area contributed by atoms with Crippen LogP contribution in [0.5, 0.6) is 11.5 Å². The van der Waals surface area contributed by atoms with Crippen LogP contribution in [0.2, 0.25) is 0 Å². The summed E-state index contributed by atoms with van der Waals surface area (Å²) in [6.07, 6.45) is 3.33. The van der Waals surface area contributed by atoms with Crippen LogP contribution in [0.1, 0.15) is 57.6 Å². The lowest BCUT2D eigenvalue weighted by Gasteiger charge is -2.33. The maximum atomic E-state index is 12.4. The fourth-order valence-electron chi connectivity index (χ4n) is 3.78. The van der Waals surface area contributed by atoms with Crippen LogP contribution < -0.4 is 20.4 Å². The molecule has 8 nitrogen and oxygen atoms in total. The van der Waals surface area contributed by atoms with E-state index in [2.05, 4.69) is 5.32 Å². The largest absolute Gasteiger partial charge is 0.487 e. The van der Waals surface area contributed by atoms with Gasteiger partial charge in [-0.3, -0.25) is 4.79 Å². The van der Waals surface area contributed by atoms with Gasteiger partial charge in [0.1, 0.15) is 28.7 Å². The summed E-state index contributed by atoms with van der Waals surface area (Å²) in [6, 6.07) is 2.13. The number of aliphatic carboxylic acids is 1. The van der Waals surface area contributed by atoms with Gasteiger partial charge < -0.3 is 24.3 Å². The topological polar surface area (TPSA) is 115 Å². The highest BCUT2D eigenvalue weighted by Crippen LogP contribution is 2.42. The van der Waals surface area contributed by atoms with Crippen LogP contribution in [0.3, 0.4) is 0 Å². The standard InChI is InChI=1S/C23H29NO7/c1-5-6-7-15(22(27)28)24-18(25)12-29-17-11-16-14(8-9-23(3,4)31-16)21-20(17)13(2)10-19(26)30-21/h10-11,15H,5-9,12H2,1-4H3,(H,24,25)(H,27,28)/t15-/m1/s1. The molecule has 0 fully saturated rings. The van der Waals surface area contributed by atoms with E-state index in [4.69, 9.17) is 13.9 Å². The molecule has 0 saturated carbocycles. The first-order valence-electron chi connectivity index (χ1n) is 10.6. The maximum absolute atomic E-state index is 12.4. The van der Waals surface area contributed by atoms with Crippen molar-refractivity contribution in [3.63, 3.8) is 0 Å². The molecule has 0 bridgehead atoms. The fourth-order valence-corrected chi connectivity index (χ4v) is 3.78. The van der Waals surface area contributed by atoms with Gasteiger partial charge >= 0.3 is 11.6 Å². The number of carbonyl (C=O) groups is 2. The van der Waals surface area contributed by atoms with Crippen LogP contribution in [0.4, 0.5) is 0 Å². The van der Waals surface area contributed by atoms with E-state index in [9.17, 15) is 19.5 Å². The van der Waals surface area contributed by atoms with Gasteiger partial charge in [-0.15, -0.1) is 0 Å². The average Bonchev–Trinajstić information content (AvgIpc) is 2.67. The maximum Gasteiger partial charge on any atom is 0.336 e. The van der Waals surface area contributed by atoms with Gasteiger partial charge in [-0.2, -0.15) is 0 Å². The molecule has 1 aromatic carbocycles. The Hall–Kier alpha value is -3.03. The molecule has 168 valence electrons. The van der Waals surface area contributed by atoms with Crippen LogP contribution in [-0.2, 0) is 16.0 Å². The molecule has 0 aliphatic carbocycles. The molecule has 1 atom stereocenters. The number of ether oxygens (including phenoxy) is 2. The number of unbranched alkanes of at least 4 members (excludes halogenated alkanes) is 1. The second-order valence-corrected chi connectivity index (χ2v) is 8.55. The Morgan fingerprint density at radius 3 is 2.74 bits per heavy atom. The van der Waals surface area contributed by atoms with Gasteiger partial charge in [0.15, 0.2) is 6.61 Å². The minimum absolute atomic E-state index is 0.350. The van der Waals surface area contributed by atoms with Crippen molar-refractivity contribution in [2.24, 2.45) is 0 Å². The average molecular weight is 431 g/mol. The summed E-state index contributed by atoms with van der Waals surface area (Å²) in [4.78, 5) is 35.7. The van der Waals surface area contributed by atoms with E-state index in [0.29, 0.717) is 47.3 Å². The van der Waals surface area contributed by atoms with Crippen LogP contribution >= 0.6 is 0 Å². The number of carboxylic acids is 1. The summed E-state index contributed by atoms with van der Waals surface area (Å²) in [5.41, 5.74) is 1.03. The second kappa shape index (κ2) is 8.99. The van der Waals surface area contributed by atoms with Gasteiger partial charge in [0.2, 0.25) is 0 Å². The quantitative estimate of drug-likeness (QED) is 0.616. The first-order chi connectivity index (χ1) is 14.6. The number of carboxylic acid groups (broad SMARTS) is 1. The Morgan fingerprint density at radius 1 is 1.32 bits per heavy atom. The molecule has 0 spiro atoms. The third-order valence-corrected chi connectivity index (χ3v) is 5.44. The van der Waals surface area contributed by atoms with Gasteiger partial charge in [0.05, 0.1) is 5.39 Å². The highest BCUT2D eigenvalue weighted by molar-refractivity contribution is 5.92. The van der Waals surface area contributed by atoms with Crippen LogP contribution in [0.15, 0.2) is 21.3 Å². The van der Waals surface area contributed by atoms with Crippen molar-refractivity contribution in [3.05, 3.63) is 33.7 Å². The van der Waals surface area contributed by atoms with E-state index < -0.39 is 23.5 Å². The van der Waals surface area contributed by atoms with E-state index in [-0.39, 0.29) is 12.2 Å². The van der Waals surface area contributed by atoms with Crippen LogP contribution in [0, 0.1) is 6.92 Å². The third-order valence-electron chi connectivity index (χ3n) is 5.44. The number of nitrogens with one attached hydrogen (secondary N) is 1. The molecule has 0 saturated heterocycles. The Kier molecular flexibility index (Phi) is 6.57. The molecule has 0 unspecified atom stereocenters. The summed E-state index contributed by atoms with van der Waals surface area (Å²) < 4.78 is 17.4. The molecule has 1 aromatic heterocycles. The normalized spacial score (nSPS) is 15.6. The van der Waals surface area contributed by atoms with Gasteiger partial charge in [-0.05, 0) is 45.6 Å². The van der Waals surface area contributed by atoms with Crippen molar-refractivity contribution in [2.45, 2.75) is 71.4 Å². The third kappa shape index (κ3) is 5.18. The summed E-state index contributed by atoms with van der Waals surface area (Å²) in [6.45, 7) is 7.31. The first kappa shape index (κ1) is 22.7. The van der Waals surface area contributed by atoms with E-state index in [1.165, 1.54) is 6.07 Å². The zero-order chi connectivity index (χ0) is 22.8. The Morgan fingerprint density at radius 2 is 2.06 bits per heavy atom. The minimum Gasteiger partial charge on any atom is -0.487 e. The lowest BCUT2D eigenvalue weighted by atomic mass is 9.92. The lowest BCUT2D eigenvalue weighted by molar-refractivity contribution is -0.142. The highest BCUT2D eigenvalue weighted by Gasteiger charge is 2.30. The van der Waals surface area contributed by atoms with Gasteiger partial charge in [0.25, 0.3) is 5.91 Å². The van der Waals surface area contributed by atoms with Crippen molar-refractivity contribution in [1.82, 2.24) is 5.32 Å². The molecule has 2 heterocycles. The highest BCUT2D eigenvalue weighted by atomic mass is 16.5. The molecule has 3 rings (SSSR count). The molecule has 8 heteroatoms. The molecule has 2 N–H and O–H groups in total.